The summed E-state index contributed by atoms with van der Waals surface area (Å²) in [6.45, 7) is 7.28. The van der Waals surface area contributed by atoms with Crippen LogP contribution < -0.4 is 19.9 Å². The van der Waals surface area contributed by atoms with Gasteiger partial charge >= 0.3 is 0 Å². The fourth-order valence-corrected chi connectivity index (χ4v) is 2.69. The van der Waals surface area contributed by atoms with Gasteiger partial charge in [-0.15, -0.1) is 0 Å². The molecule has 2 aromatic carbocycles. The number of anilines is 1. The second-order valence-corrected chi connectivity index (χ2v) is 5.57. The lowest BCUT2D eigenvalue weighted by molar-refractivity contribution is 0.366. The summed E-state index contributed by atoms with van der Waals surface area (Å²) in [6, 6.07) is 5.77. The van der Waals surface area contributed by atoms with Crippen molar-refractivity contribution in [3.8, 4) is 23.0 Å². The van der Waals surface area contributed by atoms with Gasteiger partial charge in [-0.25, -0.2) is 9.24 Å². The summed E-state index contributed by atoms with van der Waals surface area (Å²) in [5.41, 5.74) is 6.49. The highest BCUT2D eigenvalue weighted by Crippen LogP contribution is 2.44. The van der Waals surface area contributed by atoms with E-state index in [2.05, 4.69) is 9.83 Å². The molecule has 1 heterocycles. The number of benzene rings is 2. The second kappa shape index (κ2) is 6.94. The van der Waals surface area contributed by atoms with Crippen molar-refractivity contribution in [3.05, 3.63) is 52.7 Å². The topological polar surface area (TPSA) is 71.0 Å². The average molecular weight is 374 g/mol. The number of hydrogen-bond acceptors (Lipinski definition) is 5. The second-order valence-electron chi connectivity index (χ2n) is 5.19. The first-order valence-corrected chi connectivity index (χ1v) is 7.71. The van der Waals surface area contributed by atoms with Crippen LogP contribution in [0.25, 0.3) is 15.7 Å². The third-order valence-corrected chi connectivity index (χ3v) is 4.09. The van der Waals surface area contributed by atoms with Crippen LogP contribution in [0.2, 0.25) is 5.02 Å². The van der Waals surface area contributed by atoms with Crippen LogP contribution in [0.4, 0.5) is 15.8 Å². The Balaban J connectivity index is 2.19. The van der Waals surface area contributed by atoms with Crippen molar-refractivity contribution < 1.29 is 18.6 Å². The standard InChI is InChI=1S/C18H13ClFN3O3/c1-22-13-6-9-12(8-15(13)24-2)23-5-4-14(9)26-17-10(20)7-11(21)16(19)18(17)25-3/h4-8H,21H2,2-3H3. The first-order chi connectivity index (χ1) is 12.5. The molecule has 0 bridgehead atoms. The molecular weight excluding hydrogens is 361 g/mol. The van der Waals surface area contributed by atoms with Crippen molar-refractivity contribution >= 4 is 33.9 Å². The smallest absolute Gasteiger partial charge is 0.228 e. The summed E-state index contributed by atoms with van der Waals surface area (Å²) in [4.78, 5) is 7.65. The van der Waals surface area contributed by atoms with E-state index in [0.29, 0.717) is 16.7 Å². The van der Waals surface area contributed by atoms with E-state index >= 15 is 0 Å². The monoisotopic (exact) mass is 373 g/mol. The van der Waals surface area contributed by atoms with E-state index in [4.69, 9.17) is 38.1 Å². The highest BCUT2D eigenvalue weighted by atomic mass is 35.5. The number of halogens is 2. The molecule has 0 atom stereocenters. The molecule has 3 rings (SSSR count). The van der Waals surface area contributed by atoms with E-state index in [1.165, 1.54) is 20.4 Å². The zero-order valence-electron chi connectivity index (χ0n) is 13.8. The molecule has 0 unspecified atom stereocenters. The van der Waals surface area contributed by atoms with Gasteiger partial charge in [-0.3, -0.25) is 4.98 Å². The Morgan fingerprint density at radius 1 is 1.15 bits per heavy atom. The molecule has 26 heavy (non-hydrogen) atoms. The maximum absolute atomic E-state index is 14.4. The minimum Gasteiger partial charge on any atom is -0.508 e. The number of nitrogens with zero attached hydrogens (tertiary/aromatic N) is 2. The maximum Gasteiger partial charge on any atom is 0.228 e. The lowest BCUT2D eigenvalue weighted by Crippen LogP contribution is -1.99. The van der Waals surface area contributed by atoms with Gasteiger partial charge in [0.2, 0.25) is 11.4 Å². The zero-order chi connectivity index (χ0) is 18.8. The number of nitrogens with two attached hydrogens (primary N) is 1. The molecule has 0 saturated carbocycles. The van der Waals surface area contributed by atoms with Crippen molar-refractivity contribution in [2.75, 3.05) is 20.0 Å². The van der Waals surface area contributed by atoms with E-state index in [1.807, 2.05) is 0 Å². The summed E-state index contributed by atoms with van der Waals surface area (Å²) in [5.74, 6) is -0.294. The molecule has 0 radical (unpaired) electrons. The molecule has 0 saturated heterocycles. The first kappa shape index (κ1) is 17.6. The molecule has 6 nitrogen and oxygen atoms in total. The predicted octanol–water partition coefficient (Wildman–Crippen LogP) is 4.97. The van der Waals surface area contributed by atoms with E-state index in [1.54, 1.807) is 18.2 Å². The lowest BCUT2D eigenvalue weighted by Gasteiger charge is -2.15. The van der Waals surface area contributed by atoms with Gasteiger partial charge in [0, 0.05) is 17.6 Å². The molecule has 132 valence electrons. The number of aromatic nitrogens is 1. The van der Waals surface area contributed by atoms with Crippen LogP contribution >= 0.6 is 11.6 Å². The molecule has 1 aromatic heterocycles. The van der Waals surface area contributed by atoms with Crippen LogP contribution in [0.1, 0.15) is 0 Å². The van der Waals surface area contributed by atoms with Crippen LogP contribution in [0, 0.1) is 12.4 Å². The van der Waals surface area contributed by atoms with Crippen molar-refractivity contribution in [3.63, 3.8) is 0 Å². The Bertz CT molecular complexity index is 1050. The van der Waals surface area contributed by atoms with Gasteiger partial charge in [-0.1, -0.05) is 11.6 Å². The Labute approximate surface area is 153 Å². The molecular formula is C18H13ClFN3O3. The number of ether oxygens (including phenoxy) is 3. The average Bonchev–Trinajstić information content (AvgIpc) is 2.65. The Morgan fingerprint density at radius 3 is 2.58 bits per heavy atom. The molecule has 8 heteroatoms. The Hall–Kier alpha value is -3.24. The third-order valence-electron chi connectivity index (χ3n) is 3.70. The summed E-state index contributed by atoms with van der Waals surface area (Å²) in [6.07, 6.45) is 1.50. The maximum atomic E-state index is 14.4. The minimum absolute atomic E-state index is 0.0203. The summed E-state index contributed by atoms with van der Waals surface area (Å²) >= 11 is 6.08. The van der Waals surface area contributed by atoms with Crippen molar-refractivity contribution in [2.45, 2.75) is 0 Å². The number of rotatable bonds is 4. The van der Waals surface area contributed by atoms with E-state index in [-0.39, 0.29) is 33.6 Å². The van der Waals surface area contributed by atoms with E-state index < -0.39 is 5.82 Å². The van der Waals surface area contributed by atoms with Gasteiger partial charge in [0.1, 0.15) is 16.5 Å². The van der Waals surface area contributed by atoms with Crippen molar-refractivity contribution in [2.24, 2.45) is 0 Å². The summed E-state index contributed by atoms with van der Waals surface area (Å²) < 4.78 is 30.5. The number of pyridine rings is 1. The number of nitrogen functional groups attached to an aromatic ring is 1. The molecule has 0 aliphatic rings. The predicted molar refractivity (Wildman–Crippen MR) is 97.0 cm³/mol. The molecule has 0 aliphatic carbocycles. The zero-order valence-corrected chi connectivity index (χ0v) is 14.6. The van der Waals surface area contributed by atoms with Crippen LogP contribution in [0.5, 0.6) is 23.0 Å². The van der Waals surface area contributed by atoms with Crippen LogP contribution in [0.3, 0.4) is 0 Å². The number of fused-ring (bicyclic) bond motifs is 1. The first-order valence-electron chi connectivity index (χ1n) is 7.33. The van der Waals surface area contributed by atoms with Crippen LogP contribution in [0.15, 0.2) is 30.5 Å². The molecule has 0 aliphatic heterocycles. The summed E-state index contributed by atoms with van der Waals surface area (Å²) in [7, 11) is 2.80. The van der Waals surface area contributed by atoms with Crippen LogP contribution in [-0.4, -0.2) is 19.2 Å². The molecule has 0 amide bonds. The van der Waals surface area contributed by atoms with Gasteiger partial charge in [-0.05, 0) is 18.2 Å². The van der Waals surface area contributed by atoms with Crippen molar-refractivity contribution in [1.29, 1.82) is 0 Å². The Kier molecular flexibility index (Phi) is 4.69. The normalized spacial score (nSPS) is 10.4. The molecule has 2 N–H and O–H groups in total. The number of hydrogen-bond donors (Lipinski definition) is 1. The van der Waals surface area contributed by atoms with Gasteiger partial charge in [0.25, 0.3) is 0 Å². The Morgan fingerprint density at radius 2 is 1.92 bits per heavy atom. The molecule has 3 aromatic rings. The van der Waals surface area contributed by atoms with E-state index in [9.17, 15) is 4.39 Å². The third kappa shape index (κ3) is 2.91. The fourth-order valence-electron chi connectivity index (χ4n) is 2.47. The van der Waals surface area contributed by atoms with Gasteiger partial charge in [-0.2, -0.15) is 0 Å². The van der Waals surface area contributed by atoms with Gasteiger partial charge < -0.3 is 19.9 Å². The molecule has 0 fully saturated rings. The van der Waals surface area contributed by atoms with E-state index in [0.717, 1.165) is 6.07 Å². The fraction of sp³-hybridized carbons (Fsp3) is 0.111. The number of methoxy groups -OCH3 is 2. The SMILES string of the molecule is [C-]#[N+]c1cc2c(Oc3c(F)cc(N)c(Cl)c3OC)ccnc2cc1OC. The quantitative estimate of drug-likeness (QED) is 0.516. The highest BCUT2D eigenvalue weighted by molar-refractivity contribution is 6.34. The van der Waals surface area contributed by atoms with Crippen LogP contribution in [-0.2, 0) is 0 Å². The van der Waals surface area contributed by atoms with Gasteiger partial charge in [0.05, 0.1) is 32.0 Å². The van der Waals surface area contributed by atoms with Gasteiger partial charge in [0.15, 0.2) is 11.6 Å². The molecule has 0 spiro atoms. The highest BCUT2D eigenvalue weighted by Gasteiger charge is 2.20. The van der Waals surface area contributed by atoms with Crippen molar-refractivity contribution in [1.82, 2.24) is 4.98 Å². The largest absolute Gasteiger partial charge is 0.508 e. The lowest BCUT2D eigenvalue weighted by atomic mass is 10.1. The minimum atomic E-state index is -0.729. The summed E-state index contributed by atoms with van der Waals surface area (Å²) in [5, 5.41) is 0.555.